The summed E-state index contributed by atoms with van der Waals surface area (Å²) in [7, 11) is 1.92. The highest BCUT2D eigenvalue weighted by Gasteiger charge is 2.24. The molecule has 0 aliphatic carbocycles. The van der Waals surface area contributed by atoms with Crippen LogP contribution in [0.15, 0.2) is 41.4 Å². The minimum absolute atomic E-state index is 0.318. The van der Waals surface area contributed by atoms with E-state index in [2.05, 4.69) is 15.0 Å². The summed E-state index contributed by atoms with van der Waals surface area (Å²) in [4.78, 5) is 23.4. The molecule has 1 N–H and O–H groups in total. The van der Waals surface area contributed by atoms with E-state index in [-0.39, 0.29) is 11.1 Å². The van der Waals surface area contributed by atoms with Crippen molar-refractivity contribution in [2.75, 3.05) is 0 Å². The van der Waals surface area contributed by atoms with Crippen molar-refractivity contribution in [1.82, 2.24) is 19.7 Å². The second-order valence-electron chi connectivity index (χ2n) is 6.35. The molecule has 6 nitrogen and oxygen atoms in total. The van der Waals surface area contributed by atoms with Gasteiger partial charge in [0.2, 0.25) is 0 Å². The number of benzene rings is 1. The van der Waals surface area contributed by atoms with Crippen LogP contribution in [0.25, 0.3) is 16.7 Å². The maximum atomic E-state index is 11.7. The van der Waals surface area contributed by atoms with E-state index in [0.29, 0.717) is 22.8 Å². The summed E-state index contributed by atoms with van der Waals surface area (Å²) in [6.07, 6.45) is 5.19. The fourth-order valence-corrected chi connectivity index (χ4v) is 4.26. The van der Waals surface area contributed by atoms with Crippen LogP contribution < -0.4 is 5.32 Å². The van der Waals surface area contributed by atoms with Crippen LogP contribution in [0.1, 0.15) is 17.7 Å². The molecule has 138 valence electrons. The number of allylic oxidation sites excluding steroid dienone is 1. The van der Waals surface area contributed by atoms with Gasteiger partial charge in [-0.3, -0.25) is 19.6 Å². The monoisotopic (exact) mass is 400 g/mol. The number of nitrogens with zero attached hydrogens (tertiary/aromatic N) is 3. The van der Waals surface area contributed by atoms with Crippen LogP contribution in [0.3, 0.4) is 0 Å². The maximum absolute atomic E-state index is 11.7. The van der Waals surface area contributed by atoms with E-state index in [1.165, 1.54) is 0 Å². The van der Waals surface area contributed by atoms with E-state index in [0.717, 1.165) is 39.7 Å². The molecule has 0 spiro atoms. The molecule has 0 unspecified atom stereocenters. The van der Waals surface area contributed by atoms with Crippen molar-refractivity contribution in [3.8, 4) is 5.82 Å². The highest BCUT2D eigenvalue weighted by Crippen LogP contribution is 2.28. The predicted octanol–water partition coefficient (Wildman–Crippen LogP) is 4.13. The Morgan fingerprint density at radius 2 is 2.11 bits per heavy atom. The van der Waals surface area contributed by atoms with Crippen molar-refractivity contribution < 1.29 is 9.59 Å². The third-order valence-electron chi connectivity index (χ3n) is 4.56. The van der Waals surface area contributed by atoms with Crippen molar-refractivity contribution in [1.29, 1.82) is 0 Å². The lowest BCUT2D eigenvalue weighted by Gasteiger charge is -2.09. The molecule has 4 rings (SSSR count). The molecule has 3 aromatic rings. The number of aromatic nitrogens is 3. The van der Waals surface area contributed by atoms with E-state index in [1.54, 1.807) is 0 Å². The Morgan fingerprint density at radius 1 is 1.30 bits per heavy atom. The zero-order chi connectivity index (χ0) is 19.1. The summed E-state index contributed by atoms with van der Waals surface area (Å²) in [6, 6.07) is 7.84. The first-order valence-corrected chi connectivity index (χ1v) is 9.66. The van der Waals surface area contributed by atoms with E-state index in [1.807, 2.05) is 55.2 Å². The van der Waals surface area contributed by atoms with Gasteiger partial charge in [0.1, 0.15) is 5.82 Å². The van der Waals surface area contributed by atoms with E-state index in [4.69, 9.17) is 11.6 Å². The smallest absolute Gasteiger partial charge is 0.290 e. The van der Waals surface area contributed by atoms with Crippen LogP contribution in [-0.4, -0.2) is 25.5 Å². The second kappa shape index (κ2) is 6.90. The zero-order valence-electron chi connectivity index (χ0n) is 14.8. The Bertz CT molecular complexity index is 1110. The van der Waals surface area contributed by atoms with Crippen molar-refractivity contribution in [2.45, 2.75) is 19.8 Å². The van der Waals surface area contributed by atoms with E-state index in [9.17, 15) is 9.59 Å². The summed E-state index contributed by atoms with van der Waals surface area (Å²) in [5.74, 6) is 0.671. The predicted molar refractivity (Wildman–Crippen MR) is 107 cm³/mol. The van der Waals surface area contributed by atoms with E-state index >= 15 is 0 Å². The second-order valence-corrected chi connectivity index (χ2v) is 7.80. The van der Waals surface area contributed by atoms with Gasteiger partial charge in [-0.25, -0.2) is 0 Å². The first-order chi connectivity index (χ1) is 12.9. The SMILES string of the molecule is Cc1nn(C)c(-n2ccc3cc(Cl)ccc32)c1CCC=C1SC(=O)NC1=O. The van der Waals surface area contributed by atoms with Crippen LogP contribution in [0.4, 0.5) is 4.79 Å². The van der Waals surface area contributed by atoms with Gasteiger partial charge < -0.3 is 4.57 Å². The average Bonchev–Trinajstić information content (AvgIpc) is 3.23. The first kappa shape index (κ1) is 17.9. The Labute approximate surface area is 165 Å². The van der Waals surface area contributed by atoms with Gasteiger partial charge in [0.25, 0.3) is 11.1 Å². The highest BCUT2D eigenvalue weighted by molar-refractivity contribution is 8.18. The van der Waals surface area contributed by atoms with Crippen LogP contribution in [0.2, 0.25) is 5.02 Å². The number of amides is 2. The zero-order valence-corrected chi connectivity index (χ0v) is 16.4. The Balaban J connectivity index is 1.67. The van der Waals surface area contributed by atoms with Crippen molar-refractivity contribution in [3.63, 3.8) is 0 Å². The normalized spacial score (nSPS) is 15.9. The molecule has 2 aromatic heterocycles. The molecule has 1 fully saturated rings. The number of aryl methyl sites for hydroxylation is 2. The van der Waals surface area contributed by atoms with Gasteiger partial charge in [0.05, 0.1) is 16.1 Å². The Hall–Kier alpha value is -2.51. The number of imide groups is 1. The number of carbonyl (C=O) groups excluding carboxylic acids is 2. The fourth-order valence-electron chi connectivity index (χ4n) is 3.39. The van der Waals surface area contributed by atoms with Crippen molar-refractivity contribution >= 4 is 45.4 Å². The Kier molecular flexibility index (Phi) is 4.57. The number of rotatable bonds is 4. The van der Waals surface area contributed by atoms with Crippen LogP contribution >= 0.6 is 23.4 Å². The summed E-state index contributed by atoms with van der Waals surface area (Å²) in [5.41, 5.74) is 3.11. The van der Waals surface area contributed by atoms with Gasteiger partial charge in [0, 0.05) is 29.2 Å². The van der Waals surface area contributed by atoms with Gasteiger partial charge in [-0.1, -0.05) is 17.7 Å². The molecular formula is C19H17ClN4O2S. The summed E-state index contributed by atoms with van der Waals surface area (Å²) >= 11 is 7.05. The molecule has 8 heteroatoms. The molecule has 1 saturated heterocycles. The largest absolute Gasteiger partial charge is 0.301 e. The van der Waals surface area contributed by atoms with E-state index < -0.39 is 0 Å². The number of halogens is 1. The summed E-state index contributed by atoms with van der Waals surface area (Å²) < 4.78 is 3.97. The summed E-state index contributed by atoms with van der Waals surface area (Å²) in [5, 5.41) is 8.30. The Morgan fingerprint density at radius 3 is 2.85 bits per heavy atom. The molecule has 2 amide bonds. The molecule has 1 aliphatic heterocycles. The third kappa shape index (κ3) is 3.28. The number of fused-ring (bicyclic) bond motifs is 1. The van der Waals surface area contributed by atoms with Crippen LogP contribution in [0, 0.1) is 6.92 Å². The molecule has 3 heterocycles. The molecule has 1 aliphatic rings. The number of carbonyl (C=O) groups is 2. The molecule has 0 saturated carbocycles. The molecule has 0 radical (unpaired) electrons. The summed E-state index contributed by atoms with van der Waals surface area (Å²) in [6.45, 7) is 1.98. The average molecular weight is 401 g/mol. The van der Waals surface area contributed by atoms with Gasteiger partial charge in [0.15, 0.2) is 0 Å². The first-order valence-electron chi connectivity index (χ1n) is 8.47. The molecule has 27 heavy (non-hydrogen) atoms. The van der Waals surface area contributed by atoms with Gasteiger partial charge in [-0.2, -0.15) is 5.10 Å². The lowest BCUT2D eigenvalue weighted by Crippen LogP contribution is -2.17. The molecular weight excluding hydrogens is 384 g/mol. The molecule has 0 atom stereocenters. The number of hydrogen-bond acceptors (Lipinski definition) is 4. The number of hydrogen-bond donors (Lipinski definition) is 1. The van der Waals surface area contributed by atoms with Crippen molar-refractivity contribution in [3.05, 3.63) is 57.7 Å². The highest BCUT2D eigenvalue weighted by atomic mass is 35.5. The minimum atomic E-state index is -0.318. The quantitative estimate of drug-likeness (QED) is 0.668. The number of nitrogens with one attached hydrogen (secondary N) is 1. The lowest BCUT2D eigenvalue weighted by atomic mass is 10.1. The van der Waals surface area contributed by atoms with Crippen LogP contribution in [0.5, 0.6) is 0 Å². The maximum Gasteiger partial charge on any atom is 0.290 e. The molecule has 0 bridgehead atoms. The fraction of sp³-hybridized carbons (Fsp3) is 0.211. The van der Waals surface area contributed by atoms with Gasteiger partial charge in [-0.05, 0) is 55.8 Å². The topological polar surface area (TPSA) is 68.9 Å². The van der Waals surface area contributed by atoms with Gasteiger partial charge in [-0.15, -0.1) is 0 Å². The van der Waals surface area contributed by atoms with Crippen molar-refractivity contribution in [2.24, 2.45) is 7.05 Å². The number of thioether (sulfide) groups is 1. The standard InChI is InChI=1S/C19H17ClN4O2S/c1-11-14(4-3-5-16-17(25)21-19(26)27-16)18(23(2)22-11)24-9-8-12-10-13(20)6-7-15(12)24/h5-10H,3-4H2,1-2H3,(H,21,25,26). The van der Waals surface area contributed by atoms with Crippen LogP contribution in [-0.2, 0) is 18.3 Å². The third-order valence-corrected chi connectivity index (χ3v) is 5.65. The van der Waals surface area contributed by atoms with Gasteiger partial charge >= 0.3 is 0 Å². The molecule has 1 aromatic carbocycles. The minimum Gasteiger partial charge on any atom is -0.301 e. The lowest BCUT2D eigenvalue weighted by molar-refractivity contribution is -0.115.